The monoisotopic (exact) mass is 1640 g/mol. The molecule has 2 fully saturated rings. The molecule has 0 radical (unpaired) electrons. The molecule has 35 nitrogen and oxygen atoms in total. The Bertz CT molecular complexity index is 4390. The van der Waals surface area contributed by atoms with E-state index in [-0.39, 0.29) is 124 Å². The minimum absolute atomic E-state index is 0.0194. The SMILES string of the molecule is CCc1c2c(nc3ccc(O)cc13)-c1cc3c(c(=O)n1C2)COC(=O)[C@@]3(CC)OC(=O)OCc1ccc(NC(=O)[C@H](CCCCN)NC(=O)[C@H](Cc2ccccc2)NC(=O)COCC(=O)NCCOCCOCCOCCOCCOCCOCCOCCOCCn2cc(CNC(=O)C3CCC(CN4C(=O)CC(C)C4=O)CC3)nn2)cc1. The number of aromatic hydroxyl groups is 1. The Labute approximate surface area is 683 Å². The van der Waals surface area contributed by atoms with E-state index in [1.54, 1.807) is 96.0 Å². The molecule has 6 aromatic rings. The fourth-order valence-corrected chi connectivity index (χ4v) is 14.4. The van der Waals surface area contributed by atoms with Crippen LogP contribution in [0.5, 0.6) is 5.75 Å². The number of hydrogen-bond acceptors (Lipinski definition) is 27. The molecule has 4 aliphatic rings. The van der Waals surface area contributed by atoms with Gasteiger partial charge in [0.05, 0.1) is 154 Å². The summed E-state index contributed by atoms with van der Waals surface area (Å²) in [7, 11) is 0. The van der Waals surface area contributed by atoms with Crippen molar-refractivity contribution >= 4 is 70.1 Å². The zero-order valence-electron chi connectivity index (χ0n) is 67.3. The number of phenols is 1. The number of aromatic nitrogens is 5. The molecule has 3 aromatic heterocycles. The largest absolute Gasteiger partial charge is 0.510 e. The topological polar surface area (TPSA) is 440 Å². The molecular weight excluding hydrogens is 1530 g/mol. The number of nitrogens with two attached hydrogens (primary N) is 1. The average molecular weight is 1640 g/mol. The second-order valence-electron chi connectivity index (χ2n) is 29.1. The van der Waals surface area contributed by atoms with E-state index in [1.807, 2.05) is 13.0 Å². The van der Waals surface area contributed by atoms with E-state index < -0.39 is 72.2 Å². The van der Waals surface area contributed by atoms with Crippen LogP contribution in [0.2, 0.25) is 0 Å². The predicted octanol–water partition coefficient (Wildman–Crippen LogP) is 4.36. The molecule has 1 saturated carbocycles. The Morgan fingerprint density at radius 2 is 1.33 bits per heavy atom. The van der Waals surface area contributed by atoms with Gasteiger partial charge in [0.2, 0.25) is 47.0 Å². The van der Waals surface area contributed by atoms with Gasteiger partial charge in [0.25, 0.3) is 5.56 Å². The highest BCUT2D eigenvalue weighted by Crippen LogP contribution is 2.43. The van der Waals surface area contributed by atoms with Crippen molar-refractivity contribution in [2.24, 2.45) is 23.5 Å². The van der Waals surface area contributed by atoms with Crippen LogP contribution in [-0.4, -0.2) is 239 Å². The summed E-state index contributed by atoms with van der Waals surface area (Å²) in [6.45, 7) is 11.7. The maximum atomic E-state index is 14.2. The van der Waals surface area contributed by atoms with Gasteiger partial charge in [0.15, 0.2) is 0 Å². The van der Waals surface area contributed by atoms with Crippen molar-refractivity contribution < 1.29 is 105 Å². The summed E-state index contributed by atoms with van der Waals surface area (Å²) >= 11 is 0. The molecule has 118 heavy (non-hydrogen) atoms. The van der Waals surface area contributed by atoms with Crippen molar-refractivity contribution in [2.75, 3.05) is 144 Å². The van der Waals surface area contributed by atoms with Crippen LogP contribution in [0.3, 0.4) is 0 Å². The molecule has 3 aliphatic heterocycles. The number of amides is 7. The zero-order chi connectivity index (χ0) is 83.6. The van der Waals surface area contributed by atoms with Crippen LogP contribution < -0.4 is 37.9 Å². The van der Waals surface area contributed by atoms with E-state index in [0.29, 0.717) is 165 Å². The molecule has 1 aliphatic carbocycles. The summed E-state index contributed by atoms with van der Waals surface area (Å²) in [5, 5.41) is 33.3. The van der Waals surface area contributed by atoms with Crippen molar-refractivity contribution in [2.45, 2.75) is 142 Å². The minimum atomic E-state index is -2.03. The van der Waals surface area contributed by atoms with Gasteiger partial charge >= 0.3 is 12.1 Å². The summed E-state index contributed by atoms with van der Waals surface area (Å²) in [5.74, 6) is -3.47. The Balaban J connectivity index is 0.520. The molecule has 1 unspecified atom stereocenters. The van der Waals surface area contributed by atoms with Crippen molar-refractivity contribution in [3.8, 4) is 17.1 Å². The predicted molar refractivity (Wildman–Crippen MR) is 425 cm³/mol. The first kappa shape index (κ1) is 90.1. The summed E-state index contributed by atoms with van der Waals surface area (Å²) in [4.78, 5) is 139. The fraction of sp³-hybridized carbons (Fsp3) is 0.554. The van der Waals surface area contributed by atoms with Crippen molar-refractivity contribution in [3.05, 3.63) is 134 Å². The van der Waals surface area contributed by atoms with Crippen molar-refractivity contribution in [1.82, 2.24) is 50.7 Å². The first-order valence-corrected chi connectivity index (χ1v) is 40.5. The fourth-order valence-electron chi connectivity index (χ4n) is 14.4. The molecule has 7 amide bonds. The third-order valence-corrected chi connectivity index (χ3v) is 20.7. The molecule has 6 heterocycles. The number of benzene rings is 3. The molecule has 8 N–H and O–H groups in total. The van der Waals surface area contributed by atoms with Gasteiger partial charge in [-0.05, 0) is 123 Å². The molecule has 0 spiro atoms. The third-order valence-electron chi connectivity index (χ3n) is 20.7. The molecule has 1 saturated heterocycles. The molecule has 10 rings (SSSR count). The van der Waals surface area contributed by atoms with Crippen LogP contribution in [0.4, 0.5) is 10.5 Å². The second kappa shape index (κ2) is 46.8. The lowest BCUT2D eigenvalue weighted by Gasteiger charge is -2.35. The molecule has 35 heteroatoms. The molecule has 0 bridgehead atoms. The maximum Gasteiger partial charge on any atom is 0.510 e. The quantitative estimate of drug-likeness (QED) is 0.0158. The molecular formula is C83H110N12O23. The van der Waals surface area contributed by atoms with Crippen molar-refractivity contribution in [1.29, 1.82) is 0 Å². The van der Waals surface area contributed by atoms with Crippen LogP contribution in [0.15, 0.2) is 89.9 Å². The summed E-state index contributed by atoms with van der Waals surface area (Å²) in [5.41, 5.74) is 9.19. The number of aryl methyl sites for hydroxylation is 1. The van der Waals surface area contributed by atoms with Crippen LogP contribution in [-0.2, 0) is 146 Å². The van der Waals surface area contributed by atoms with Gasteiger partial charge in [0, 0.05) is 60.0 Å². The smallest absolute Gasteiger partial charge is 0.508 e. The summed E-state index contributed by atoms with van der Waals surface area (Å²) < 4.78 is 70.1. The van der Waals surface area contributed by atoms with E-state index in [9.17, 15) is 53.1 Å². The first-order chi connectivity index (χ1) is 57.3. The van der Waals surface area contributed by atoms with E-state index in [1.165, 1.54) is 11.0 Å². The number of hydrogen-bond donors (Lipinski definition) is 7. The lowest BCUT2D eigenvalue weighted by molar-refractivity contribution is -0.175. The number of ether oxygens (including phenoxy) is 12. The van der Waals surface area contributed by atoms with E-state index >= 15 is 0 Å². The van der Waals surface area contributed by atoms with Gasteiger partial charge in [0.1, 0.15) is 50.0 Å². The van der Waals surface area contributed by atoms with Gasteiger partial charge in [-0.2, -0.15) is 0 Å². The Morgan fingerprint density at radius 1 is 0.686 bits per heavy atom. The van der Waals surface area contributed by atoms with Gasteiger partial charge in [-0.25, -0.2) is 19.3 Å². The maximum absolute atomic E-state index is 14.2. The number of esters is 1. The van der Waals surface area contributed by atoms with Gasteiger partial charge in [-0.3, -0.25) is 43.3 Å². The number of nitrogens with one attached hydrogen (secondary N) is 5. The number of carbonyl (C=O) groups is 9. The minimum Gasteiger partial charge on any atom is -0.508 e. The number of likely N-dealkylation sites (tertiary alicyclic amines) is 1. The number of carbonyl (C=O) groups excluding carboxylic acids is 9. The van der Waals surface area contributed by atoms with Gasteiger partial charge in [-0.1, -0.05) is 68.4 Å². The number of imide groups is 1. The lowest BCUT2D eigenvalue weighted by Crippen LogP contribution is -2.54. The number of nitrogens with zero attached hydrogens (tertiary/aromatic N) is 6. The van der Waals surface area contributed by atoms with Crippen LogP contribution >= 0.6 is 0 Å². The third kappa shape index (κ3) is 26.4. The first-order valence-electron chi connectivity index (χ1n) is 40.5. The van der Waals surface area contributed by atoms with Gasteiger partial charge in [-0.15, -0.1) is 5.10 Å². The normalized spacial score (nSPS) is 17.3. The van der Waals surface area contributed by atoms with Crippen molar-refractivity contribution in [3.63, 3.8) is 0 Å². The van der Waals surface area contributed by atoms with E-state index in [0.717, 1.165) is 47.8 Å². The standard InChI is InChI=1S/C83H110N12O23/c1-4-63-64-45-62(96)22-23-68(64)89-75-65(63)50-94-71(75)46-67-66(80(94)104)52-116-81(105)83(67,5-2)118-82(106)117-51-58-16-20-60(21-17-58)87-77(101)69(13-9-10-24-84)90-78(102)70(44-56-11-7-6-8-12-56)88-73(98)54-115-53-72(97)85-25-27-107-29-31-109-33-35-111-37-39-113-41-42-114-40-38-112-36-34-110-32-30-108-28-26-93-49-61(91-92-93)47-86-76(100)59-18-14-57(15-19-59)48-95-74(99)43-55(3)79(95)103/h6-8,11-12,16-17,20-23,45-46,49,55,57,59,69-70,96H,4-5,9-10,13-15,18-19,24-44,47-48,50-54,84H2,1-3H3,(H,85,97)(H,86,100)(H,87,101)(H,88,98)(H,90,102)/t55?,57?,59?,69-,70-,83-/m0/s1. The summed E-state index contributed by atoms with van der Waals surface area (Å²) in [6.07, 6.45) is 5.71. The Kier molecular flexibility index (Phi) is 35.7. The Hall–Kier alpha value is -10.2. The molecule has 4 atom stereocenters. The van der Waals surface area contributed by atoms with Gasteiger partial charge < -0.3 is 98.8 Å². The highest BCUT2D eigenvalue weighted by Gasteiger charge is 2.51. The lowest BCUT2D eigenvalue weighted by atomic mass is 9.81. The van der Waals surface area contributed by atoms with E-state index in [4.69, 9.17) is 67.6 Å². The number of pyridine rings is 2. The number of rotatable bonds is 52. The number of anilines is 1. The van der Waals surface area contributed by atoms with Crippen LogP contribution in [0.1, 0.15) is 118 Å². The number of cyclic esters (lactones) is 1. The second-order valence-corrected chi connectivity index (χ2v) is 29.1. The highest BCUT2D eigenvalue weighted by molar-refractivity contribution is 6.03. The number of fused-ring (bicyclic) bond motifs is 5. The number of unbranched alkanes of at least 4 members (excludes halogenated alkanes) is 1. The van der Waals surface area contributed by atoms with Crippen LogP contribution in [0, 0.1) is 17.8 Å². The zero-order valence-corrected chi connectivity index (χ0v) is 67.3. The number of phenolic OH excluding ortho intramolecular Hbond substituents is 1. The Morgan fingerprint density at radius 3 is 1.96 bits per heavy atom. The molecule has 3 aromatic carbocycles. The van der Waals surface area contributed by atoms with E-state index in [2.05, 4.69) is 36.9 Å². The summed E-state index contributed by atoms with van der Waals surface area (Å²) in [6, 6.07) is 19.6. The average Bonchev–Trinajstić information content (AvgIpc) is 1.64. The van der Waals surface area contributed by atoms with Crippen LogP contribution in [0.25, 0.3) is 22.3 Å². The molecule has 640 valence electrons. The highest BCUT2D eigenvalue weighted by atomic mass is 16.7.